The van der Waals surface area contributed by atoms with Crippen LogP contribution in [0.3, 0.4) is 0 Å². The third-order valence-corrected chi connectivity index (χ3v) is 15.1. The van der Waals surface area contributed by atoms with Crippen molar-refractivity contribution in [1.29, 1.82) is 0 Å². The normalized spacial score (nSPS) is 15.5. The molecule has 2 aliphatic heterocycles. The van der Waals surface area contributed by atoms with Crippen molar-refractivity contribution in [2.45, 2.75) is 19.6 Å². The molecule has 1 atom stereocenters. The molecule has 5 heterocycles. The van der Waals surface area contributed by atoms with Crippen molar-refractivity contribution in [3.05, 3.63) is 134 Å². The van der Waals surface area contributed by atoms with E-state index in [1.165, 1.54) is 35.5 Å². The van der Waals surface area contributed by atoms with Crippen LogP contribution in [0.2, 0.25) is 0 Å². The van der Waals surface area contributed by atoms with Gasteiger partial charge >= 0.3 is 0 Å². The standard InChI is InChI=1S/C23H13NPS3.C12H8N3.Ir/c26-25-17-8-1-3-10-19(17)27-21-13-15(16-7-5-6-12-24-16)14-22(23(21)25)28-20-11-4-2-9-18(20)25;1-2-6-10-9(5-1)14-12(15-10)11-7-3-4-8-13-11;/h1-13H;1-8H;/q2*-1;. The topological polar surface area (TPSA) is 52.8 Å². The molecule has 0 spiro atoms. The molecule has 1 radical (unpaired) electrons. The van der Waals surface area contributed by atoms with Crippen LogP contribution < -0.4 is 20.9 Å². The zero-order valence-corrected chi connectivity index (χ0v) is 28.7. The van der Waals surface area contributed by atoms with Gasteiger partial charge in [-0.1, -0.05) is 106 Å². The van der Waals surface area contributed by atoms with Crippen molar-refractivity contribution in [3.8, 4) is 22.8 Å². The molecular weight excluding hydrogens is 796 g/mol. The molecule has 1 unspecified atom stereocenters. The summed E-state index contributed by atoms with van der Waals surface area (Å²) in [6.07, 6.45) is 3.58. The van der Waals surface area contributed by atoms with Crippen molar-refractivity contribution < 1.29 is 20.1 Å². The Morgan fingerprint density at radius 1 is 0.659 bits per heavy atom. The summed E-state index contributed by atoms with van der Waals surface area (Å²) in [5.41, 5.74) is 4.63. The molecule has 0 saturated carbocycles. The molecule has 4 aromatic carbocycles. The number of aromatic nitrogens is 4. The molecule has 0 fully saturated rings. The molecule has 215 valence electrons. The van der Waals surface area contributed by atoms with Crippen LogP contribution in [0.4, 0.5) is 0 Å². The van der Waals surface area contributed by atoms with Gasteiger partial charge in [-0.3, -0.25) is 4.98 Å². The molecule has 7 aromatic rings. The van der Waals surface area contributed by atoms with Crippen molar-refractivity contribution in [2.75, 3.05) is 0 Å². The summed E-state index contributed by atoms with van der Waals surface area (Å²) in [5, 5.41) is 3.94. The van der Waals surface area contributed by atoms with E-state index in [1.54, 1.807) is 18.0 Å². The van der Waals surface area contributed by atoms with Gasteiger partial charge in [0.2, 0.25) is 0 Å². The minimum Gasteiger partial charge on any atom is -0.434 e. The van der Waals surface area contributed by atoms with Crippen LogP contribution in [0.25, 0.3) is 33.8 Å². The van der Waals surface area contributed by atoms with Crippen molar-refractivity contribution in [2.24, 2.45) is 0 Å². The van der Waals surface area contributed by atoms with Gasteiger partial charge in [0, 0.05) is 48.3 Å². The molecule has 0 N–H and O–H groups in total. The summed E-state index contributed by atoms with van der Waals surface area (Å²) in [7, 11) is 0. The zero-order chi connectivity index (χ0) is 28.8. The summed E-state index contributed by atoms with van der Waals surface area (Å²) in [6.45, 7) is 0. The summed E-state index contributed by atoms with van der Waals surface area (Å²) >= 11 is 10.2. The number of para-hydroxylation sites is 2. The van der Waals surface area contributed by atoms with E-state index < -0.39 is 6.04 Å². The van der Waals surface area contributed by atoms with E-state index in [0.717, 1.165) is 28.0 Å². The number of hydrogen-bond acceptors (Lipinski definition) is 6. The molecule has 3 aromatic heterocycles. The Labute approximate surface area is 282 Å². The Morgan fingerprint density at radius 2 is 1.27 bits per heavy atom. The first-order valence-corrected chi connectivity index (χ1v) is 18.1. The molecule has 44 heavy (non-hydrogen) atoms. The number of nitrogens with zero attached hydrogens (tertiary/aromatic N) is 4. The van der Waals surface area contributed by atoms with E-state index in [1.807, 2.05) is 78.6 Å². The Balaban J connectivity index is 0.000000166. The third kappa shape index (κ3) is 5.10. The fourth-order valence-corrected chi connectivity index (χ4v) is 14.5. The molecular formula is C35H21IrN4PS3-2. The first-order valence-electron chi connectivity index (χ1n) is 13.7. The second-order valence-electron chi connectivity index (χ2n) is 9.94. The average Bonchev–Trinajstić information content (AvgIpc) is 3.51. The maximum absolute atomic E-state index is 6.57. The Bertz CT molecular complexity index is 2080. The Hall–Kier alpha value is -3.35. The third-order valence-electron chi connectivity index (χ3n) is 7.30. The van der Waals surface area contributed by atoms with E-state index in [0.29, 0.717) is 5.82 Å². The predicted octanol–water partition coefficient (Wildman–Crippen LogP) is 7.49. The van der Waals surface area contributed by atoms with Gasteiger partial charge in [0.05, 0.1) is 5.69 Å². The van der Waals surface area contributed by atoms with E-state index >= 15 is 0 Å². The molecule has 0 amide bonds. The SMILES string of the molecule is S=P12c3ccccc3Sc3[c-]c(-c4ccccn4)cc(c31)Sc1ccccc12.[Ir].c1ccc(-c2nc3ccccc3[n-]2)nc1. The molecule has 9 heteroatoms. The summed E-state index contributed by atoms with van der Waals surface area (Å²) < 4.78 is 0. The molecule has 4 nitrogen and oxygen atoms in total. The Kier molecular flexibility index (Phi) is 8.15. The monoisotopic (exact) mass is 817 g/mol. The number of fused-ring (bicyclic) bond motifs is 5. The van der Waals surface area contributed by atoms with E-state index in [9.17, 15) is 0 Å². The first kappa shape index (κ1) is 29.4. The van der Waals surface area contributed by atoms with Crippen molar-refractivity contribution >= 4 is 68.3 Å². The van der Waals surface area contributed by atoms with Crippen molar-refractivity contribution in [3.63, 3.8) is 0 Å². The first-order chi connectivity index (χ1) is 21.2. The number of imidazole rings is 1. The van der Waals surface area contributed by atoms with E-state index in [4.69, 9.17) is 11.8 Å². The molecule has 0 bridgehead atoms. The van der Waals surface area contributed by atoms with E-state index in [2.05, 4.69) is 80.6 Å². The van der Waals surface area contributed by atoms with Gasteiger partial charge in [0.1, 0.15) is 0 Å². The minimum absolute atomic E-state index is 0. The second kappa shape index (κ2) is 12.2. The van der Waals surface area contributed by atoms with Crippen LogP contribution in [0, 0.1) is 6.07 Å². The fraction of sp³-hybridized carbons (Fsp3) is 0. The van der Waals surface area contributed by atoms with Crippen LogP contribution in [-0.2, 0) is 31.9 Å². The number of hydrogen-bond donors (Lipinski definition) is 0. The maximum Gasteiger partial charge on any atom is 0.0620 e. The minimum atomic E-state index is -2.09. The molecule has 0 saturated heterocycles. The average molecular weight is 817 g/mol. The predicted molar refractivity (Wildman–Crippen MR) is 181 cm³/mol. The largest absolute Gasteiger partial charge is 0.434 e. The Morgan fingerprint density at radius 3 is 1.95 bits per heavy atom. The van der Waals surface area contributed by atoms with Crippen LogP contribution >= 0.6 is 29.6 Å². The number of pyridine rings is 2. The number of rotatable bonds is 2. The van der Waals surface area contributed by atoms with Crippen LogP contribution in [0.5, 0.6) is 0 Å². The van der Waals surface area contributed by atoms with Crippen molar-refractivity contribution in [1.82, 2.24) is 19.9 Å². The second-order valence-corrected chi connectivity index (χ2v) is 16.3. The smallest absolute Gasteiger partial charge is 0.0620 e. The molecule has 2 aliphatic rings. The number of benzene rings is 4. The van der Waals surface area contributed by atoms with Gasteiger partial charge in [-0.15, -0.1) is 41.2 Å². The van der Waals surface area contributed by atoms with Crippen LogP contribution in [0.1, 0.15) is 0 Å². The van der Waals surface area contributed by atoms with Crippen LogP contribution in [-0.4, -0.2) is 15.0 Å². The van der Waals surface area contributed by atoms with Crippen LogP contribution in [0.15, 0.2) is 147 Å². The fourth-order valence-electron chi connectivity index (χ4n) is 5.36. The molecule has 9 rings (SSSR count). The van der Waals surface area contributed by atoms with Gasteiger partial charge in [-0.25, -0.2) is 0 Å². The maximum atomic E-state index is 6.57. The van der Waals surface area contributed by atoms with E-state index in [-0.39, 0.29) is 20.1 Å². The molecule has 0 aliphatic carbocycles. The van der Waals surface area contributed by atoms with Gasteiger partial charge in [0.25, 0.3) is 0 Å². The van der Waals surface area contributed by atoms with Gasteiger partial charge in [-0.05, 0) is 63.5 Å². The summed E-state index contributed by atoms with van der Waals surface area (Å²) in [4.78, 5) is 22.6. The quantitative estimate of drug-likeness (QED) is 0.133. The van der Waals surface area contributed by atoms with Gasteiger partial charge < -0.3 is 15.0 Å². The van der Waals surface area contributed by atoms with Gasteiger partial charge in [0.15, 0.2) is 0 Å². The van der Waals surface area contributed by atoms with Gasteiger partial charge in [-0.2, -0.15) is 0 Å². The summed E-state index contributed by atoms with van der Waals surface area (Å²) in [6, 6.07) is 40.7. The zero-order valence-electron chi connectivity index (χ0n) is 22.9. The summed E-state index contributed by atoms with van der Waals surface area (Å²) in [5.74, 6) is 0.691.